The highest BCUT2D eigenvalue weighted by Crippen LogP contribution is 2.27. The molecule has 5 heteroatoms. The van der Waals surface area contributed by atoms with Crippen molar-refractivity contribution in [2.75, 3.05) is 6.54 Å². The van der Waals surface area contributed by atoms with Gasteiger partial charge in [0.2, 0.25) is 5.91 Å². The minimum Gasteiger partial charge on any atom is -0.351 e. The number of nitrogens with one attached hydrogen (secondary N) is 1. The predicted octanol–water partition coefficient (Wildman–Crippen LogP) is 0.143. The van der Waals surface area contributed by atoms with E-state index in [4.69, 9.17) is 11.5 Å². The fourth-order valence-electron chi connectivity index (χ4n) is 1.66. The van der Waals surface area contributed by atoms with Crippen molar-refractivity contribution < 1.29 is 4.79 Å². The van der Waals surface area contributed by atoms with E-state index in [9.17, 15) is 4.79 Å². The van der Waals surface area contributed by atoms with Crippen molar-refractivity contribution in [2.24, 2.45) is 11.5 Å². The lowest BCUT2D eigenvalue weighted by atomic mass is 9.98. The SMILES string of the molecule is C[C@H](CN)NC(=O)C1(N)CCCC1.Cl. The van der Waals surface area contributed by atoms with Crippen LogP contribution in [0.25, 0.3) is 0 Å². The molecule has 1 saturated carbocycles. The van der Waals surface area contributed by atoms with Crippen LogP contribution in [0.3, 0.4) is 0 Å². The summed E-state index contributed by atoms with van der Waals surface area (Å²) in [4.78, 5) is 11.6. The van der Waals surface area contributed by atoms with Crippen molar-refractivity contribution in [2.45, 2.75) is 44.2 Å². The van der Waals surface area contributed by atoms with Gasteiger partial charge in [-0.05, 0) is 19.8 Å². The first-order chi connectivity index (χ1) is 6.08. The molecule has 0 spiro atoms. The number of nitrogens with two attached hydrogens (primary N) is 2. The van der Waals surface area contributed by atoms with Crippen LogP contribution >= 0.6 is 12.4 Å². The van der Waals surface area contributed by atoms with Crippen LogP contribution in [-0.2, 0) is 4.79 Å². The monoisotopic (exact) mass is 221 g/mol. The summed E-state index contributed by atoms with van der Waals surface area (Å²) in [6, 6.07) is 0.0218. The van der Waals surface area contributed by atoms with Gasteiger partial charge in [0, 0.05) is 12.6 Å². The minimum atomic E-state index is -0.622. The summed E-state index contributed by atoms with van der Waals surface area (Å²) >= 11 is 0. The van der Waals surface area contributed by atoms with Crippen molar-refractivity contribution in [3.8, 4) is 0 Å². The van der Waals surface area contributed by atoms with Crippen molar-refractivity contribution in [3.63, 3.8) is 0 Å². The van der Waals surface area contributed by atoms with E-state index in [0.717, 1.165) is 25.7 Å². The number of hydrogen-bond acceptors (Lipinski definition) is 3. The quantitative estimate of drug-likeness (QED) is 0.634. The lowest BCUT2D eigenvalue weighted by Crippen LogP contribution is -2.55. The van der Waals surface area contributed by atoms with Crippen LogP contribution in [-0.4, -0.2) is 24.0 Å². The maximum Gasteiger partial charge on any atom is 0.240 e. The zero-order valence-corrected chi connectivity index (χ0v) is 9.40. The topological polar surface area (TPSA) is 81.1 Å². The number of rotatable bonds is 3. The zero-order valence-electron chi connectivity index (χ0n) is 8.58. The molecule has 0 aliphatic heterocycles. The molecular weight excluding hydrogens is 202 g/mol. The van der Waals surface area contributed by atoms with Gasteiger partial charge in [-0.25, -0.2) is 0 Å². The molecule has 0 unspecified atom stereocenters. The van der Waals surface area contributed by atoms with Gasteiger partial charge in [-0.1, -0.05) is 12.8 Å². The minimum absolute atomic E-state index is 0. The van der Waals surface area contributed by atoms with Crippen LogP contribution in [0.15, 0.2) is 0 Å². The molecule has 0 radical (unpaired) electrons. The highest BCUT2D eigenvalue weighted by Gasteiger charge is 2.37. The van der Waals surface area contributed by atoms with Crippen molar-refractivity contribution in [1.29, 1.82) is 0 Å². The van der Waals surface area contributed by atoms with Crippen LogP contribution < -0.4 is 16.8 Å². The van der Waals surface area contributed by atoms with Gasteiger partial charge in [0.1, 0.15) is 0 Å². The summed E-state index contributed by atoms with van der Waals surface area (Å²) in [6.07, 6.45) is 3.72. The van der Waals surface area contributed by atoms with Crippen molar-refractivity contribution in [3.05, 3.63) is 0 Å². The van der Waals surface area contributed by atoms with Gasteiger partial charge < -0.3 is 16.8 Å². The molecule has 84 valence electrons. The number of hydrogen-bond donors (Lipinski definition) is 3. The molecule has 14 heavy (non-hydrogen) atoms. The molecule has 1 rings (SSSR count). The van der Waals surface area contributed by atoms with Crippen LogP contribution in [0.4, 0.5) is 0 Å². The number of carbonyl (C=O) groups excluding carboxylic acids is 1. The summed E-state index contributed by atoms with van der Waals surface area (Å²) < 4.78 is 0. The van der Waals surface area contributed by atoms with E-state index >= 15 is 0 Å². The molecular formula is C9H20ClN3O. The van der Waals surface area contributed by atoms with E-state index in [1.807, 2.05) is 6.92 Å². The third-order valence-corrected chi connectivity index (χ3v) is 2.68. The number of amides is 1. The normalized spacial score (nSPS) is 21.1. The van der Waals surface area contributed by atoms with Gasteiger partial charge >= 0.3 is 0 Å². The fourth-order valence-corrected chi connectivity index (χ4v) is 1.66. The molecule has 0 saturated heterocycles. The third kappa shape index (κ3) is 3.12. The summed E-state index contributed by atoms with van der Waals surface area (Å²) in [7, 11) is 0. The van der Waals surface area contributed by atoms with E-state index in [1.165, 1.54) is 0 Å². The van der Waals surface area contributed by atoms with E-state index in [1.54, 1.807) is 0 Å². The maximum atomic E-state index is 11.6. The summed E-state index contributed by atoms with van der Waals surface area (Å²) in [5.41, 5.74) is 10.7. The smallest absolute Gasteiger partial charge is 0.240 e. The second kappa shape index (κ2) is 5.53. The van der Waals surface area contributed by atoms with E-state index < -0.39 is 5.54 Å². The molecule has 0 aromatic rings. The molecule has 1 fully saturated rings. The highest BCUT2D eigenvalue weighted by molar-refractivity contribution is 5.86. The molecule has 0 aromatic carbocycles. The fraction of sp³-hybridized carbons (Fsp3) is 0.889. The Kier molecular flexibility index (Phi) is 5.41. The van der Waals surface area contributed by atoms with E-state index in [-0.39, 0.29) is 24.4 Å². The van der Waals surface area contributed by atoms with Gasteiger partial charge in [-0.3, -0.25) is 4.79 Å². The average Bonchev–Trinajstić information content (AvgIpc) is 2.53. The third-order valence-electron chi connectivity index (χ3n) is 2.68. The number of carbonyl (C=O) groups is 1. The first-order valence-electron chi connectivity index (χ1n) is 4.88. The van der Waals surface area contributed by atoms with Crippen molar-refractivity contribution in [1.82, 2.24) is 5.32 Å². The Morgan fingerprint density at radius 1 is 1.50 bits per heavy atom. The lowest BCUT2D eigenvalue weighted by molar-refractivity contribution is -0.126. The first kappa shape index (κ1) is 13.7. The van der Waals surface area contributed by atoms with Crippen LogP contribution in [0.5, 0.6) is 0 Å². The van der Waals surface area contributed by atoms with Gasteiger partial charge in [0.05, 0.1) is 5.54 Å². The van der Waals surface area contributed by atoms with Crippen LogP contribution in [0.2, 0.25) is 0 Å². The van der Waals surface area contributed by atoms with Gasteiger partial charge in [0.15, 0.2) is 0 Å². The van der Waals surface area contributed by atoms with Crippen LogP contribution in [0.1, 0.15) is 32.6 Å². The Morgan fingerprint density at radius 3 is 2.43 bits per heavy atom. The van der Waals surface area contributed by atoms with Crippen LogP contribution in [0, 0.1) is 0 Å². The molecule has 1 amide bonds. The summed E-state index contributed by atoms with van der Waals surface area (Å²) in [6.45, 7) is 2.35. The Labute approximate surface area is 91.2 Å². The largest absolute Gasteiger partial charge is 0.351 e. The second-order valence-electron chi connectivity index (χ2n) is 3.97. The Hall–Kier alpha value is -0.320. The molecule has 0 bridgehead atoms. The Bertz CT molecular complexity index is 192. The summed E-state index contributed by atoms with van der Waals surface area (Å²) in [5, 5.41) is 2.82. The second-order valence-corrected chi connectivity index (χ2v) is 3.97. The van der Waals surface area contributed by atoms with Gasteiger partial charge in [0.25, 0.3) is 0 Å². The number of halogens is 1. The lowest BCUT2D eigenvalue weighted by Gasteiger charge is -2.24. The zero-order chi connectivity index (χ0) is 9.90. The first-order valence-corrected chi connectivity index (χ1v) is 4.88. The highest BCUT2D eigenvalue weighted by atomic mass is 35.5. The summed E-state index contributed by atoms with van der Waals surface area (Å²) in [5.74, 6) is -0.0389. The molecule has 0 aromatic heterocycles. The van der Waals surface area contributed by atoms with Gasteiger partial charge in [-0.2, -0.15) is 0 Å². The molecule has 1 atom stereocenters. The molecule has 1 aliphatic rings. The van der Waals surface area contributed by atoms with E-state index in [0.29, 0.717) is 6.54 Å². The molecule has 1 aliphatic carbocycles. The molecule has 4 nitrogen and oxygen atoms in total. The van der Waals surface area contributed by atoms with E-state index in [2.05, 4.69) is 5.32 Å². The maximum absolute atomic E-state index is 11.6. The Morgan fingerprint density at radius 2 is 2.00 bits per heavy atom. The molecule has 5 N–H and O–H groups in total. The standard InChI is InChI=1S/C9H19N3O.ClH/c1-7(6-10)12-8(13)9(11)4-2-3-5-9;/h7H,2-6,10-11H2,1H3,(H,12,13);1H/t7-;/m1./s1. The molecule has 0 heterocycles. The Balaban J connectivity index is 0.00000169. The van der Waals surface area contributed by atoms with Crippen molar-refractivity contribution >= 4 is 18.3 Å². The predicted molar refractivity (Wildman–Crippen MR) is 59.3 cm³/mol. The van der Waals surface area contributed by atoms with Gasteiger partial charge in [-0.15, -0.1) is 12.4 Å². The average molecular weight is 222 g/mol.